The standard InChI is InChI=1S/C14H14FN3O2/c1-18(8-9-4-2-3-7-17-9)11-6-5-10(15)13(16)12(11)14(19)20/h2-7H,8,16H2,1H3,(H,19,20). The summed E-state index contributed by atoms with van der Waals surface area (Å²) in [6, 6.07) is 8.02. The Kier molecular flexibility index (Phi) is 3.84. The first-order valence-electron chi connectivity index (χ1n) is 5.93. The smallest absolute Gasteiger partial charge is 0.340 e. The lowest BCUT2D eigenvalue weighted by Crippen LogP contribution is -2.21. The van der Waals surface area contributed by atoms with E-state index in [0.29, 0.717) is 12.2 Å². The summed E-state index contributed by atoms with van der Waals surface area (Å²) in [5.41, 5.74) is 6.05. The number of nitrogen functional groups attached to an aromatic ring is 1. The zero-order valence-corrected chi connectivity index (χ0v) is 10.9. The molecule has 2 rings (SSSR count). The van der Waals surface area contributed by atoms with Crippen LogP contribution in [-0.2, 0) is 6.54 Å². The van der Waals surface area contributed by atoms with Crippen LogP contribution in [0.5, 0.6) is 0 Å². The van der Waals surface area contributed by atoms with Gasteiger partial charge in [-0.3, -0.25) is 4.98 Å². The number of carboxylic acid groups (broad SMARTS) is 1. The molecule has 0 aliphatic carbocycles. The van der Waals surface area contributed by atoms with Crippen LogP contribution in [0.25, 0.3) is 0 Å². The monoisotopic (exact) mass is 275 g/mol. The summed E-state index contributed by atoms with van der Waals surface area (Å²) >= 11 is 0. The third-order valence-corrected chi connectivity index (χ3v) is 2.92. The molecule has 0 atom stereocenters. The lowest BCUT2D eigenvalue weighted by molar-refractivity contribution is 0.0698. The van der Waals surface area contributed by atoms with Gasteiger partial charge in [-0.05, 0) is 24.3 Å². The third-order valence-electron chi connectivity index (χ3n) is 2.92. The van der Waals surface area contributed by atoms with E-state index in [1.54, 1.807) is 24.2 Å². The van der Waals surface area contributed by atoms with E-state index in [9.17, 15) is 14.3 Å². The Morgan fingerprint density at radius 2 is 2.15 bits per heavy atom. The predicted molar refractivity (Wildman–Crippen MR) is 74.1 cm³/mol. The number of carboxylic acids is 1. The first-order chi connectivity index (χ1) is 9.50. The summed E-state index contributed by atoms with van der Waals surface area (Å²) in [4.78, 5) is 17.1. The molecule has 3 N–H and O–H groups in total. The Morgan fingerprint density at radius 1 is 1.40 bits per heavy atom. The molecule has 6 heteroatoms. The third kappa shape index (κ3) is 2.69. The number of carbonyl (C=O) groups is 1. The normalized spacial score (nSPS) is 10.3. The first kappa shape index (κ1) is 13.8. The lowest BCUT2D eigenvalue weighted by Gasteiger charge is -2.21. The minimum Gasteiger partial charge on any atom is -0.478 e. The van der Waals surface area contributed by atoms with Gasteiger partial charge in [0.2, 0.25) is 0 Å². The quantitative estimate of drug-likeness (QED) is 0.836. The number of aromatic carboxylic acids is 1. The maximum atomic E-state index is 13.4. The second-order valence-electron chi connectivity index (χ2n) is 4.34. The first-order valence-corrected chi connectivity index (χ1v) is 5.93. The maximum absolute atomic E-state index is 13.4. The molecule has 0 saturated carbocycles. The van der Waals surface area contributed by atoms with Gasteiger partial charge in [0.05, 0.1) is 23.6 Å². The van der Waals surface area contributed by atoms with Crippen molar-refractivity contribution in [2.75, 3.05) is 17.7 Å². The Balaban J connectivity index is 2.37. The van der Waals surface area contributed by atoms with Gasteiger partial charge in [0.25, 0.3) is 0 Å². The molecule has 0 spiro atoms. The number of benzene rings is 1. The van der Waals surface area contributed by atoms with Gasteiger partial charge >= 0.3 is 5.97 Å². The summed E-state index contributed by atoms with van der Waals surface area (Å²) < 4.78 is 13.4. The molecule has 20 heavy (non-hydrogen) atoms. The molecule has 1 heterocycles. The van der Waals surface area contributed by atoms with Crippen LogP contribution in [0.1, 0.15) is 16.1 Å². The fraction of sp³-hybridized carbons (Fsp3) is 0.143. The number of halogens is 1. The van der Waals surface area contributed by atoms with E-state index >= 15 is 0 Å². The second kappa shape index (κ2) is 5.56. The molecule has 0 bridgehead atoms. The average Bonchev–Trinajstić information content (AvgIpc) is 2.42. The fourth-order valence-corrected chi connectivity index (χ4v) is 1.95. The van der Waals surface area contributed by atoms with Crippen LogP contribution in [-0.4, -0.2) is 23.1 Å². The van der Waals surface area contributed by atoms with Crippen LogP contribution in [0.2, 0.25) is 0 Å². The van der Waals surface area contributed by atoms with Crippen molar-refractivity contribution in [2.24, 2.45) is 0 Å². The van der Waals surface area contributed by atoms with Gasteiger partial charge in [0.1, 0.15) is 11.4 Å². The highest BCUT2D eigenvalue weighted by atomic mass is 19.1. The summed E-state index contributed by atoms with van der Waals surface area (Å²) in [5.74, 6) is -2.00. The van der Waals surface area contributed by atoms with Crippen molar-refractivity contribution in [1.29, 1.82) is 0 Å². The largest absolute Gasteiger partial charge is 0.478 e. The fourth-order valence-electron chi connectivity index (χ4n) is 1.95. The van der Waals surface area contributed by atoms with Crippen molar-refractivity contribution in [2.45, 2.75) is 6.54 Å². The Hall–Kier alpha value is -2.63. The molecule has 0 radical (unpaired) electrons. The summed E-state index contributed by atoms with van der Waals surface area (Å²) in [7, 11) is 1.70. The topological polar surface area (TPSA) is 79.5 Å². The molecule has 0 amide bonds. The SMILES string of the molecule is CN(Cc1ccccn1)c1ccc(F)c(N)c1C(=O)O. The minimum atomic E-state index is -1.26. The van der Waals surface area contributed by atoms with Crippen molar-refractivity contribution in [3.8, 4) is 0 Å². The van der Waals surface area contributed by atoms with E-state index in [-0.39, 0.29) is 11.3 Å². The summed E-state index contributed by atoms with van der Waals surface area (Å²) in [6.07, 6.45) is 1.65. The van der Waals surface area contributed by atoms with Crippen molar-refractivity contribution >= 4 is 17.3 Å². The van der Waals surface area contributed by atoms with Crippen molar-refractivity contribution in [3.63, 3.8) is 0 Å². The Bertz CT molecular complexity index is 632. The van der Waals surface area contributed by atoms with Gasteiger partial charge in [-0.25, -0.2) is 9.18 Å². The van der Waals surface area contributed by atoms with Crippen LogP contribution in [0, 0.1) is 5.82 Å². The van der Waals surface area contributed by atoms with Crippen molar-refractivity contribution in [3.05, 3.63) is 53.6 Å². The van der Waals surface area contributed by atoms with E-state index in [1.165, 1.54) is 6.07 Å². The Labute approximate surface area is 115 Å². The zero-order valence-electron chi connectivity index (χ0n) is 10.9. The second-order valence-corrected chi connectivity index (χ2v) is 4.34. The molecule has 1 aromatic carbocycles. The van der Waals surface area contributed by atoms with E-state index in [2.05, 4.69) is 4.98 Å². The molecule has 0 aliphatic heterocycles. The van der Waals surface area contributed by atoms with Gasteiger partial charge in [0.15, 0.2) is 0 Å². The molecule has 104 valence electrons. The highest BCUT2D eigenvalue weighted by Gasteiger charge is 2.20. The van der Waals surface area contributed by atoms with E-state index in [4.69, 9.17) is 5.73 Å². The van der Waals surface area contributed by atoms with Crippen LogP contribution in [0.3, 0.4) is 0 Å². The number of aromatic nitrogens is 1. The number of nitrogens with zero attached hydrogens (tertiary/aromatic N) is 2. The van der Waals surface area contributed by atoms with Crippen LogP contribution in [0.4, 0.5) is 15.8 Å². The molecule has 1 aromatic heterocycles. The number of anilines is 2. The van der Waals surface area contributed by atoms with E-state index < -0.39 is 11.8 Å². The highest BCUT2D eigenvalue weighted by Crippen LogP contribution is 2.28. The molecule has 0 aliphatic rings. The molecule has 0 saturated heterocycles. The summed E-state index contributed by atoms with van der Waals surface area (Å²) in [6.45, 7) is 0.395. The number of pyridine rings is 1. The van der Waals surface area contributed by atoms with Gasteiger partial charge in [0, 0.05) is 13.2 Å². The minimum absolute atomic E-state index is 0.233. The maximum Gasteiger partial charge on any atom is 0.340 e. The zero-order chi connectivity index (χ0) is 14.7. The van der Waals surface area contributed by atoms with E-state index in [1.807, 2.05) is 12.1 Å². The molecular formula is C14H14FN3O2. The lowest BCUT2D eigenvalue weighted by atomic mass is 10.1. The van der Waals surface area contributed by atoms with E-state index in [0.717, 1.165) is 11.8 Å². The molecule has 2 aromatic rings. The number of nitrogens with two attached hydrogens (primary N) is 1. The number of hydrogen-bond donors (Lipinski definition) is 2. The van der Waals surface area contributed by atoms with Crippen LogP contribution >= 0.6 is 0 Å². The number of rotatable bonds is 4. The van der Waals surface area contributed by atoms with Crippen molar-refractivity contribution < 1.29 is 14.3 Å². The van der Waals surface area contributed by atoms with Gasteiger partial charge < -0.3 is 15.7 Å². The molecule has 0 unspecified atom stereocenters. The molecule has 5 nitrogen and oxygen atoms in total. The predicted octanol–water partition coefficient (Wildman–Crippen LogP) is 2.14. The highest BCUT2D eigenvalue weighted by molar-refractivity contribution is 6.00. The molecular weight excluding hydrogens is 261 g/mol. The van der Waals surface area contributed by atoms with Gasteiger partial charge in [-0.1, -0.05) is 6.07 Å². The molecule has 0 fully saturated rings. The van der Waals surface area contributed by atoms with Gasteiger partial charge in [-0.2, -0.15) is 0 Å². The van der Waals surface area contributed by atoms with Gasteiger partial charge in [-0.15, -0.1) is 0 Å². The van der Waals surface area contributed by atoms with Crippen LogP contribution < -0.4 is 10.6 Å². The van der Waals surface area contributed by atoms with Crippen molar-refractivity contribution in [1.82, 2.24) is 4.98 Å². The van der Waals surface area contributed by atoms with Crippen LogP contribution in [0.15, 0.2) is 36.5 Å². The Morgan fingerprint density at radius 3 is 2.75 bits per heavy atom. The number of hydrogen-bond acceptors (Lipinski definition) is 4. The average molecular weight is 275 g/mol. The summed E-state index contributed by atoms with van der Waals surface area (Å²) in [5, 5.41) is 9.20.